The Bertz CT molecular complexity index is 1480. The third-order valence-corrected chi connectivity index (χ3v) is 11.2. The quantitative estimate of drug-likeness (QED) is 0.379. The number of piperidine rings is 1. The van der Waals surface area contributed by atoms with Crippen molar-refractivity contribution in [3.05, 3.63) is 93.5 Å². The van der Waals surface area contributed by atoms with Gasteiger partial charge in [0.05, 0.1) is 12.0 Å². The van der Waals surface area contributed by atoms with E-state index in [0.29, 0.717) is 22.5 Å². The maximum Gasteiger partial charge on any atom is 0.242 e. The molecule has 1 aliphatic heterocycles. The molecule has 5 nitrogen and oxygen atoms in total. The highest BCUT2D eigenvalue weighted by Gasteiger charge is 2.53. The first kappa shape index (κ1) is 25.9. The molecule has 200 valence electrons. The monoisotopic (exact) mass is 550 g/mol. The molecule has 1 fully saturated rings. The molecule has 0 saturated carbocycles. The van der Waals surface area contributed by atoms with Crippen LogP contribution in [0.15, 0.2) is 65.6 Å². The topological polar surface area (TPSA) is 49.9 Å². The molecule has 0 spiro atoms. The second-order valence-electron chi connectivity index (χ2n) is 11.3. The van der Waals surface area contributed by atoms with Gasteiger partial charge in [-0.15, -0.1) is 0 Å². The number of halogens is 1. The van der Waals surface area contributed by atoms with Gasteiger partial charge in [-0.2, -0.15) is 0 Å². The highest BCUT2D eigenvalue weighted by atomic mass is 35.5. The number of methoxy groups -OCH3 is 1. The van der Waals surface area contributed by atoms with Crippen molar-refractivity contribution in [2.75, 3.05) is 40.8 Å². The summed E-state index contributed by atoms with van der Waals surface area (Å²) in [6.07, 6.45) is 3.95. The largest absolute Gasteiger partial charge is 0.497 e. The summed E-state index contributed by atoms with van der Waals surface area (Å²) in [5, 5.41) is 0.814. The second-order valence-corrected chi connectivity index (χ2v) is 13.9. The Kier molecular flexibility index (Phi) is 6.58. The van der Waals surface area contributed by atoms with Gasteiger partial charge in [0.25, 0.3) is 0 Å². The Morgan fingerprint density at radius 1 is 1.00 bits per heavy atom. The van der Waals surface area contributed by atoms with Gasteiger partial charge in [0.1, 0.15) is 5.75 Å². The lowest BCUT2D eigenvalue weighted by molar-refractivity contribution is 0.158. The van der Waals surface area contributed by atoms with Crippen LogP contribution < -0.4 is 4.74 Å². The molecule has 0 N–H and O–H groups in total. The predicted octanol–water partition coefficient (Wildman–Crippen LogP) is 5.69. The van der Waals surface area contributed by atoms with Gasteiger partial charge in [-0.3, -0.25) is 0 Å². The van der Waals surface area contributed by atoms with Crippen molar-refractivity contribution in [1.82, 2.24) is 9.21 Å². The summed E-state index contributed by atoms with van der Waals surface area (Å²) in [6, 6.07) is 20.8. The van der Waals surface area contributed by atoms with Gasteiger partial charge >= 0.3 is 0 Å². The van der Waals surface area contributed by atoms with E-state index in [1.165, 1.54) is 26.6 Å². The van der Waals surface area contributed by atoms with E-state index in [1.807, 2.05) is 12.1 Å². The molecule has 3 aromatic carbocycles. The Morgan fingerprint density at radius 3 is 2.47 bits per heavy atom. The fraction of sp³-hybridized carbons (Fsp3) is 0.419. The summed E-state index contributed by atoms with van der Waals surface area (Å²) < 4.78 is 32.7. The third kappa shape index (κ3) is 4.17. The van der Waals surface area contributed by atoms with Gasteiger partial charge in [-0.25, -0.2) is 12.7 Å². The maximum atomic E-state index is 13.0. The van der Waals surface area contributed by atoms with Crippen LogP contribution in [-0.4, -0.2) is 58.5 Å². The number of fused-ring (bicyclic) bond motifs is 8. The zero-order valence-electron chi connectivity index (χ0n) is 22.3. The normalized spacial score (nSPS) is 23.0. The van der Waals surface area contributed by atoms with Crippen LogP contribution in [-0.2, 0) is 21.9 Å². The highest BCUT2D eigenvalue weighted by molar-refractivity contribution is 7.89. The zero-order valence-corrected chi connectivity index (χ0v) is 23.9. The average Bonchev–Trinajstić information content (AvgIpc) is 3.41. The standard InChI is InChI=1S/C31H35ClN2O3S/c1-33(2)38(35,36)30-11-9-24(37-3)17-22(30)16-21-12-14-34(15-13-21)20-31-19-27(25-6-4-5-7-28(25)31)26-10-8-23(32)18-29(26)31/h4-11,17-18,21,27H,12-16,19-20H2,1-3H3/t27-,31-/m1/s1. The van der Waals surface area contributed by atoms with Crippen molar-refractivity contribution >= 4 is 21.6 Å². The van der Waals surface area contributed by atoms with E-state index in [1.54, 1.807) is 33.3 Å². The molecule has 0 radical (unpaired) electrons. The number of hydrogen-bond acceptors (Lipinski definition) is 4. The van der Waals surface area contributed by atoms with Crippen LogP contribution in [0.1, 0.15) is 53.0 Å². The zero-order chi connectivity index (χ0) is 26.7. The van der Waals surface area contributed by atoms with Crippen LogP contribution in [0.25, 0.3) is 0 Å². The van der Waals surface area contributed by atoms with Crippen molar-refractivity contribution in [2.24, 2.45) is 5.92 Å². The predicted molar refractivity (Wildman–Crippen MR) is 152 cm³/mol. The summed E-state index contributed by atoms with van der Waals surface area (Å²) >= 11 is 6.51. The third-order valence-electron chi connectivity index (χ3n) is 9.05. The number of likely N-dealkylation sites (tertiary alicyclic amines) is 1. The number of benzene rings is 3. The van der Waals surface area contributed by atoms with Crippen LogP contribution in [0.2, 0.25) is 5.02 Å². The van der Waals surface area contributed by atoms with E-state index in [9.17, 15) is 8.42 Å². The van der Waals surface area contributed by atoms with Crippen LogP contribution in [0.3, 0.4) is 0 Å². The summed E-state index contributed by atoms with van der Waals surface area (Å²) in [5.74, 6) is 1.59. The lowest BCUT2D eigenvalue weighted by atomic mass is 9.74. The lowest BCUT2D eigenvalue weighted by Crippen LogP contribution is -2.44. The molecular weight excluding hydrogens is 516 g/mol. The van der Waals surface area contributed by atoms with Crippen LogP contribution in [0.5, 0.6) is 5.75 Å². The smallest absolute Gasteiger partial charge is 0.242 e. The lowest BCUT2D eigenvalue weighted by Gasteiger charge is -2.40. The first-order valence-electron chi connectivity index (χ1n) is 13.4. The Labute approximate surface area is 231 Å². The molecule has 7 heteroatoms. The SMILES string of the molecule is COc1ccc(S(=O)(=O)N(C)C)c(CC2CCN(C[C@]34C[C@H](c5ccccc53)c3ccc(Cl)cc34)CC2)c1. The molecule has 3 aliphatic rings. The van der Waals surface area contributed by atoms with Crippen LogP contribution in [0, 0.1) is 5.92 Å². The molecule has 0 aromatic heterocycles. The minimum absolute atomic E-state index is 0.00587. The van der Waals surface area contributed by atoms with Crippen LogP contribution >= 0.6 is 11.6 Å². The van der Waals surface area contributed by atoms with E-state index in [2.05, 4.69) is 41.3 Å². The van der Waals surface area contributed by atoms with Crippen molar-refractivity contribution in [3.8, 4) is 5.75 Å². The molecular formula is C31H35ClN2O3S. The molecule has 2 atom stereocenters. The molecule has 2 bridgehead atoms. The van der Waals surface area contributed by atoms with Crippen molar-refractivity contribution < 1.29 is 13.2 Å². The van der Waals surface area contributed by atoms with Gasteiger partial charge in [0.15, 0.2) is 0 Å². The van der Waals surface area contributed by atoms with Gasteiger partial charge in [-0.1, -0.05) is 41.9 Å². The van der Waals surface area contributed by atoms with E-state index in [4.69, 9.17) is 16.3 Å². The second kappa shape index (κ2) is 9.67. The van der Waals surface area contributed by atoms with E-state index in [0.717, 1.165) is 55.9 Å². The van der Waals surface area contributed by atoms with E-state index in [-0.39, 0.29) is 5.41 Å². The number of ether oxygens (including phenoxy) is 1. The van der Waals surface area contributed by atoms with E-state index < -0.39 is 10.0 Å². The molecule has 38 heavy (non-hydrogen) atoms. The number of sulfonamides is 1. The first-order valence-corrected chi connectivity index (χ1v) is 15.3. The van der Waals surface area contributed by atoms with Gasteiger partial charge < -0.3 is 9.64 Å². The first-order chi connectivity index (χ1) is 18.2. The van der Waals surface area contributed by atoms with Gasteiger partial charge in [0, 0.05) is 37.0 Å². The maximum absolute atomic E-state index is 13.0. The summed E-state index contributed by atoms with van der Waals surface area (Å²) in [4.78, 5) is 3.01. The van der Waals surface area contributed by atoms with E-state index >= 15 is 0 Å². The number of rotatable bonds is 7. The molecule has 6 rings (SSSR count). The van der Waals surface area contributed by atoms with Crippen molar-refractivity contribution in [2.45, 2.75) is 41.9 Å². The molecule has 1 saturated heterocycles. The Morgan fingerprint density at radius 2 is 1.74 bits per heavy atom. The molecule has 2 aliphatic carbocycles. The minimum atomic E-state index is -3.52. The van der Waals surface area contributed by atoms with Crippen molar-refractivity contribution in [1.29, 1.82) is 0 Å². The molecule has 3 aromatic rings. The summed E-state index contributed by atoms with van der Waals surface area (Å²) in [6.45, 7) is 3.02. The summed E-state index contributed by atoms with van der Waals surface area (Å²) in [5.41, 5.74) is 6.64. The van der Waals surface area contributed by atoms with Gasteiger partial charge in [0.2, 0.25) is 10.0 Å². The van der Waals surface area contributed by atoms with Crippen LogP contribution in [0.4, 0.5) is 0 Å². The Balaban J connectivity index is 1.21. The molecule has 1 heterocycles. The fourth-order valence-electron chi connectivity index (χ4n) is 7.15. The molecule has 0 unspecified atom stereocenters. The minimum Gasteiger partial charge on any atom is -0.497 e. The van der Waals surface area contributed by atoms with Crippen molar-refractivity contribution in [3.63, 3.8) is 0 Å². The number of nitrogens with zero attached hydrogens (tertiary/aromatic N) is 2. The van der Waals surface area contributed by atoms with Gasteiger partial charge in [-0.05, 0) is 103 Å². The average molecular weight is 551 g/mol. The highest BCUT2D eigenvalue weighted by Crippen LogP contribution is 2.60. The molecule has 0 amide bonds. The fourth-order valence-corrected chi connectivity index (χ4v) is 8.43. The summed E-state index contributed by atoms with van der Waals surface area (Å²) in [7, 11) is 1.27. The number of hydrogen-bond donors (Lipinski definition) is 0. The Hall–Kier alpha value is -2.38.